The fourth-order valence-corrected chi connectivity index (χ4v) is 3.39. The molecule has 0 aliphatic rings. The molecule has 0 unspecified atom stereocenters. The predicted molar refractivity (Wildman–Crippen MR) is 86.3 cm³/mol. The summed E-state index contributed by atoms with van der Waals surface area (Å²) >= 11 is 4.07. The highest BCUT2D eigenvalue weighted by Gasteiger charge is 2.37. The average Bonchev–Trinajstić information content (AvgIpc) is 2.33. The van der Waals surface area contributed by atoms with E-state index in [0.29, 0.717) is 7.14 Å². The van der Waals surface area contributed by atoms with E-state index in [1.807, 2.05) is 45.2 Å². The summed E-state index contributed by atoms with van der Waals surface area (Å²) in [6, 6.07) is 3.08. The van der Waals surface area contributed by atoms with Crippen LogP contribution in [-0.4, -0.2) is 18.2 Å². The molecule has 0 radical (unpaired) electrons. The Bertz CT molecular complexity index is 451. The minimum Gasteiger partial charge on any atom is -0.506 e. The van der Waals surface area contributed by atoms with Gasteiger partial charge < -0.3 is 15.6 Å². The van der Waals surface area contributed by atoms with Crippen molar-refractivity contribution in [2.45, 2.75) is 19.9 Å². The Morgan fingerprint density at radius 2 is 1.83 bits per heavy atom. The van der Waals surface area contributed by atoms with Crippen LogP contribution in [0.5, 0.6) is 5.75 Å². The average molecular weight is 475 g/mol. The lowest BCUT2D eigenvalue weighted by molar-refractivity contribution is -0.152. The Labute approximate surface area is 134 Å². The number of methoxy groups -OCH3 is 1. The van der Waals surface area contributed by atoms with E-state index in [9.17, 15) is 9.90 Å². The van der Waals surface area contributed by atoms with E-state index in [0.717, 1.165) is 5.56 Å². The first kappa shape index (κ1) is 16.0. The summed E-state index contributed by atoms with van der Waals surface area (Å²) in [5.41, 5.74) is 6.13. The van der Waals surface area contributed by atoms with Gasteiger partial charge in [0.15, 0.2) is 0 Å². The molecule has 100 valence electrons. The van der Waals surface area contributed by atoms with Gasteiger partial charge in [-0.15, -0.1) is 0 Å². The fraction of sp³-hybridized carbons (Fsp3) is 0.417. The van der Waals surface area contributed by atoms with Gasteiger partial charge in [0, 0.05) is 6.04 Å². The van der Waals surface area contributed by atoms with Crippen molar-refractivity contribution in [3.05, 3.63) is 24.8 Å². The zero-order valence-corrected chi connectivity index (χ0v) is 14.6. The lowest BCUT2D eigenvalue weighted by Crippen LogP contribution is -2.37. The Morgan fingerprint density at radius 1 is 1.39 bits per heavy atom. The summed E-state index contributed by atoms with van der Waals surface area (Å²) in [5, 5.41) is 9.72. The predicted octanol–water partition coefficient (Wildman–Crippen LogP) is 2.80. The van der Waals surface area contributed by atoms with Crippen LogP contribution in [0.15, 0.2) is 12.1 Å². The van der Waals surface area contributed by atoms with Crippen LogP contribution < -0.4 is 5.73 Å². The highest BCUT2D eigenvalue weighted by atomic mass is 127. The van der Waals surface area contributed by atoms with Crippen molar-refractivity contribution >= 4 is 51.2 Å². The third-order valence-electron chi connectivity index (χ3n) is 2.89. The van der Waals surface area contributed by atoms with Crippen LogP contribution in [0.4, 0.5) is 0 Å². The van der Waals surface area contributed by atoms with Crippen LogP contribution in [-0.2, 0) is 9.53 Å². The molecule has 0 aromatic heterocycles. The van der Waals surface area contributed by atoms with E-state index in [4.69, 9.17) is 10.5 Å². The standard InChI is InChI=1S/C12H15I2NO3/c1-12(2,11(17)18-3)10(15)6-4-7(13)9(16)8(14)5-6/h4-5,10,16H,15H2,1-3H3/t10-/m0/s1. The van der Waals surface area contributed by atoms with Gasteiger partial charge >= 0.3 is 5.97 Å². The molecule has 4 nitrogen and oxygen atoms in total. The van der Waals surface area contributed by atoms with Crippen LogP contribution in [0.3, 0.4) is 0 Å². The van der Waals surface area contributed by atoms with E-state index in [2.05, 4.69) is 0 Å². The maximum atomic E-state index is 11.7. The first-order valence-electron chi connectivity index (χ1n) is 5.23. The third kappa shape index (κ3) is 3.08. The number of halogens is 2. The molecule has 0 saturated heterocycles. The number of rotatable bonds is 3. The van der Waals surface area contributed by atoms with Crippen molar-refractivity contribution in [2.24, 2.45) is 11.1 Å². The molecule has 1 rings (SSSR count). The second kappa shape index (κ2) is 5.91. The number of ether oxygens (including phenoxy) is 1. The molecule has 6 heteroatoms. The number of benzene rings is 1. The third-order valence-corrected chi connectivity index (χ3v) is 4.53. The van der Waals surface area contributed by atoms with Gasteiger partial charge in [-0.3, -0.25) is 4.79 Å². The number of hydrogen-bond acceptors (Lipinski definition) is 4. The zero-order chi connectivity index (χ0) is 14.1. The maximum absolute atomic E-state index is 11.7. The normalized spacial score (nSPS) is 13.2. The molecule has 0 aliphatic heterocycles. The van der Waals surface area contributed by atoms with Gasteiger partial charge in [0.05, 0.1) is 19.7 Å². The number of carbonyl (C=O) groups is 1. The lowest BCUT2D eigenvalue weighted by atomic mass is 9.81. The molecule has 0 amide bonds. The number of nitrogens with two attached hydrogens (primary N) is 1. The maximum Gasteiger partial charge on any atom is 0.313 e. The van der Waals surface area contributed by atoms with Gasteiger partial charge in [-0.05, 0) is 76.7 Å². The molecule has 1 aromatic rings. The van der Waals surface area contributed by atoms with Crippen LogP contribution >= 0.6 is 45.2 Å². The van der Waals surface area contributed by atoms with E-state index < -0.39 is 11.5 Å². The molecule has 18 heavy (non-hydrogen) atoms. The van der Waals surface area contributed by atoms with Crippen molar-refractivity contribution < 1.29 is 14.6 Å². The van der Waals surface area contributed by atoms with Gasteiger partial charge in [0.2, 0.25) is 0 Å². The highest BCUT2D eigenvalue weighted by molar-refractivity contribution is 14.1. The Balaban J connectivity index is 3.19. The molecule has 0 saturated carbocycles. The van der Waals surface area contributed by atoms with E-state index in [-0.39, 0.29) is 11.7 Å². The van der Waals surface area contributed by atoms with Crippen LogP contribution in [0.2, 0.25) is 0 Å². The minimum absolute atomic E-state index is 0.239. The smallest absolute Gasteiger partial charge is 0.313 e. The van der Waals surface area contributed by atoms with Gasteiger partial charge in [-0.25, -0.2) is 0 Å². The Morgan fingerprint density at radius 3 is 2.22 bits per heavy atom. The van der Waals surface area contributed by atoms with Crippen LogP contribution in [0, 0.1) is 12.6 Å². The Hall–Kier alpha value is -0.0900. The molecule has 0 heterocycles. The van der Waals surface area contributed by atoms with E-state index in [1.165, 1.54) is 7.11 Å². The molecule has 3 N–H and O–H groups in total. The lowest BCUT2D eigenvalue weighted by Gasteiger charge is -2.29. The number of hydrogen-bond donors (Lipinski definition) is 2. The van der Waals surface area contributed by atoms with Gasteiger partial charge in [0.1, 0.15) is 5.75 Å². The summed E-state index contributed by atoms with van der Waals surface area (Å²) in [7, 11) is 1.35. The van der Waals surface area contributed by atoms with Crippen molar-refractivity contribution in [1.29, 1.82) is 0 Å². The van der Waals surface area contributed by atoms with E-state index >= 15 is 0 Å². The molecular formula is C12H15I2NO3. The quantitative estimate of drug-likeness (QED) is 0.522. The number of phenolic OH excluding ortho intramolecular Hbond substituents is 1. The molecule has 1 aromatic carbocycles. The van der Waals surface area contributed by atoms with Crippen molar-refractivity contribution in [1.82, 2.24) is 0 Å². The largest absolute Gasteiger partial charge is 0.506 e. The summed E-state index contributed by atoms with van der Waals surface area (Å²) in [6.07, 6.45) is 0. The second-order valence-electron chi connectivity index (χ2n) is 4.52. The summed E-state index contributed by atoms with van der Waals surface area (Å²) in [5.74, 6) is -0.115. The molecule has 0 spiro atoms. The minimum atomic E-state index is -0.822. The van der Waals surface area contributed by atoms with Gasteiger partial charge in [0.25, 0.3) is 0 Å². The molecule has 0 bridgehead atoms. The first-order chi connectivity index (χ1) is 8.21. The van der Waals surface area contributed by atoms with Crippen LogP contribution in [0.25, 0.3) is 0 Å². The van der Waals surface area contributed by atoms with Crippen molar-refractivity contribution in [2.75, 3.05) is 7.11 Å². The van der Waals surface area contributed by atoms with Gasteiger partial charge in [-0.1, -0.05) is 0 Å². The summed E-state index contributed by atoms with van der Waals surface area (Å²) in [4.78, 5) is 11.7. The monoisotopic (exact) mass is 475 g/mol. The van der Waals surface area contributed by atoms with Gasteiger partial charge in [-0.2, -0.15) is 0 Å². The van der Waals surface area contributed by atoms with Crippen molar-refractivity contribution in [3.8, 4) is 5.75 Å². The Kier molecular flexibility index (Phi) is 5.24. The first-order valence-corrected chi connectivity index (χ1v) is 7.39. The van der Waals surface area contributed by atoms with E-state index in [1.54, 1.807) is 26.0 Å². The molecule has 1 atom stereocenters. The number of esters is 1. The van der Waals surface area contributed by atoms with Crippen LogP contribution in [0.1, 0.15) is 25.5 Å². The van der Waals surface area contributed by atoms with Crippen molar-refractivity contribution in [3.63, 3.8) is 0 Å². The molecule has 0 fully saturated rings. The summed E-state index contributed by atoms with van der Waals surface area (Å²) < 4.78 is 6.20. The number of carbonyl (C=O) groups excluding carboxylic acids is 1. The zero-order valence-electron chi connectivity index (χ0n) is 10.3. The highest BCUT2D eigenvalue weighted by Crippen LogP contribution is 2.36. The number of phenols is 1. The SMILES string of the molecule is COC(=O)C(C)(C)[C@@H](N)c1cc(I)c(O)c(I)c1. The molecule has 0 aliphatic carbocycles. The second-order valence-corrected chi connectivity index (χ2v) is 6.85. The topological polar surface area (TPSA) is 72.5 Å². The summed E-state index contributed by atoms with van der Waals surface area (Å²) in [6.45, 7) is 3.49. The molecular weight excluding hydrogens is 460 g/mol. The number of aromatic hydroxyl groups is 1. The fourth-order valence-electron chi connectivity index (χ4n) is 1.57.